The van der Waals surface area contributed by atoms with Crippen molar-refractivity contribution in [2.45, 2.75) is 20.8 Å². The summed E-state index contributed by atoms with van der Waals surface area (Å²) < 4.78 is 0. The molecule has 5 nitrogen and oxygen atoms in total. The van der Waals surface area contributed by atoms with Crippen LogP contribution in [0.25, 0.3) is 0 Å². The fourth-order valence-electron chi connectivity index (χ4n) is 1.73. The van der Waals surface area contributed by atoms with E-state index in [4.69, 9.17) is 18.0 Å². The number of amides is 1. The maximum atomic E-state index is 11.7. The third-order valence-corrected chi connectivity index (χ3v) is 3.15. The van der Waals surface area contributed by atoms with E-state index in [1.807, 2.05) is 26.8 Å². The third kappa shape index (κ3) is 3.64. The first-order chi connectivity index (χ1) is 8.79. The first-order valence-electron chi connectivity index (χ1n) is 6.01. The van der Waals surface area contributed by atoms with Crippen molar-refractivity contribution in [1.82, 2.24) is 10.3 Å². The topological polar surface area (TPSA) is 80.0 Å². The van der Waals surface area contributed by atoms with Gasteiger partial charge in [0.05, 0.1) is 11.0 Å². The summed E-state index contributed by atoms with van der Waals surface area (Å²) in [6.45, 7) is 6.08. The lowest BCUT2D eigenvalue weighted by atomic mass is 9.92. The Morgan fingerprint density at radius 2 is 2.16 bits per heavy atom. The van der Waals surface area contributed by atoms with Crippen molar-refractivity contribution >= 4 is 28.9 Å². The van der Waals surface area contributed by atoms with Crippen LogP contribution in [0.4, 0.5) is 5.82 Å². The van der Waals surface area contributed by atoms with E-state index in [1.165, 1.54) is 0 Å². The minimum atomic E-state index is -0.548. The average Bonchev–Trinajstić information content (AvgIpc) is 2.34. The van der Waals surface area contributed by atoms with Crippen molar-refractivity contribution in [1.29, 1.82) is 0 Å². The van der Waals surface area contributed by atoms with E-state index in [1.54, 1.807) is 13.2 Å². The summed E-state index contributed by atoms with van der Waals surface area (Å²) in [5.41, 5.74) is 6.85. The molecule has 1 aromatic rings. The van der Waals surface area contributed by atoms with E-state index in [0.717, 1.165) is 11.1 Å². The number of nitrogens with zero attached hydrogens (tertiary/aromatic N) is 1. The van der Waals surface area contributed by atoms with Crippen LogP contribution >= 0.6 is 12.2 Å². The van der Waals surface area contributed by atoms with Crippen molar-refractivity contribution in [2.75, 3.05) is 18.9 Å². The highest BCUT2D eigenvalue weighted by Gasteiger charge is 2.26. The summed E-state index contributed by atoms with van der Waals surface area (Å²) in [5, 5.41) is 5.79. The lowest BCUT2D eigenvalue weighted by molar-refractivity contribution is -0.128. The second-order valence-corrected chi connectivity index (χ2v) is 5.47. The Hall–Kier alpha value is -1.69. The number of aryl methyl sites for hydroxylation is 1. The molecule has 19 heavy (non-hydrogen) atoms. The van der Waals surface area contributed by atoms with Gasteiger partial charge in [-0.2, -0.15) is 0 Å². The number of thiocarbonyl (C=S) groups is 1. The van der Waals surface area contributed by atoms with Gasteiger partial charge in [0, 0.05) is 19.8 Å². The Kier molecular flexibility index (Phi) is 4.83. The van der Waals surface area contributed by atoms with Gasteiger partial charge in [0.25, 0.3) is 0 Å². The molecule has 6 heteroatoms. The molecule has 0 bridgehead atoms. The van der Waals surface area contributed by atoms with E-state index in [0.29, 0.717) is 17.4 Å². The van der Waals surface area contributed by atoms with Crippen LogP contribution in [-0.4, -0.2) is 29.5 Å². The minimum Gasteiger partial charge on any atom is -0.389 e. The van der Waals surface area contributed by atoms with Gasteiger partial charge in [-0.1, -0.05) is 12.2 Å². The number of nitrogens with two attached hydrogens (primary N) is 1. The molecule has 0 saturated heterocycles. The highest BCUT2D eigenvalue weighted by molar-refractivity contribution is 7.80. The molecule has 1 heterocycles. The number of carbonyl (C=O) groups is 1. The van der Waals surface area contributed by atoms with Gasteiger partial charge in [0.15, 0.2) is 0 Å². The monoisotopic (exact) mass is 280 g/mol. The molecule has 104 valence electrons. The molecule has 1 amide bonds. The summed E-state index contributed by atoms with van der Waals surface area (Å²) >= 11 is 5.04. The van der Waals surface area contributed by atoms with E-state index >= 15 is 0 Å². The number of anilines is 1. The van der Waals surface area contributed by atoms with Crippen LogP contribution < -0.4 is 16.4 Å². The van der Waals surface area contributed by atoms with Crippen LogP contribution in [0.3, 0.4) is 0 Å². The van der Waals surface area contributed by atoms with Gasteiger partial charge in [0.2, 0.25) is 5.91 Å². The predicted octanol–water partition coefficient (Wildman–Crippen LogP) is 1.21. The number of hydrogen-bond donors (Lipinski definition) is 3. The molecule has 1 aromatic heterocycles. The van der Waals surface area contributed by atoms with Gasteiger partial charge in [-0.15, -0.1) is 0 Å². The van der Waals surface area contributed by atoms with Crippen LogP contribution in [0.2, 0.25) is 0 Å². The number of aromatic nitrogens is 1. The zero-order valence-corrected chi connectivity index (χ0v) is 12.5. The van der Waals surface area contributed by atoms with E-state index < -0.39 is 5.41 Å². The van der Waals surface area contributed by atoms with Crippen LogP contribution in [0.15, 0.2) is 12.3 Å². The van der Waals surface area contributed by atoms with Crippen molar-refractivity contribution in [3.8, 4) is 0 Å². The lowest BCUT2D eigenvalue weighted by Gasteiger charge is -2.24. The molecule has 0 saturated carbocycles. The summed E-state index contributed by atoms with van der Waals surface area (Å²) in [6, 6.07) is 1.85. The molecule has 0 unspecified atom stereocenters. The fourth-order valence-corrected chi connectivity index (χ4v) is 1.98. The molecule has 0 aliphatic heterocycles. The first-order valence-corrected chi connectivity index (χ1v) is 6.42. The molecule has 0 fully saturated rings. The van der Waals surface area contributed by atoms with Crippen molar-refractivity contribution in [2.24, 2.45) is 11.1 Å². The van der Waals surface area contributed by atoms with E-state index in [9.17, 15) is 4.79 Å². The van der Waals surface area contributed by atoms with Crippen LogP contribution in [0.1, 0.15) is 25.0 Å². The van der Waals surface area contributed by atoms with Gasteiger partial charge in [-0.3, -0.25) is 4.79 Å². The molecular formula is C13H20N4OS. The Morgan fingerprint density at radius 1 is 1.53 bits per heavy atom. The zero-order valence-electron chi connectivity index (χ0n) is 11.7. The van der Waals surface area contributed by atoms with E-state index in [-0.39, 0.29) is 5.91 Å². The van der Waals surface area contributed by atoms with Gasteiger partial charge in [0.1, 0.15) is 10.8 Å². The Morgan fingerprint density at radius 3 is 2.68 bits per heavy atom. The van der Waals surface area contributed by atoms with Crippen molar-refractivity contribution in [3.63, 3.8) is 0 Å². The van der Waals surface area contributed by atoms with E-state index in [2.05, 4.69) is 15.6 Å². The van der Waals surface area contributed by atoms with Crippen molar-refractivity contribution in [3.05, 3.63) is 23.4 Å². The SMILES string of the molecule is CNC(=O)C(C)(C)CNc1nccc(C)c1C(N)=S. The standard InChI is InChI=1S/C13H20N4OS/c1-8-5-6-16-11(9(8)10(14)19)17-7-13(2,3)12(18)15-4/h5-6H,7H2,1-4H3,(H2,14,19)(H,15,18)(H,16,17). The smallest absolute Gasteiger partial charge is 0.227 e. The van der Waals surface area contributed by atoms with Crippen LogP contribution in [0.5, 0.6) is 0 Å². The van der Waals surface area contributed by atoms with Gasteiger partial charge in [-0.05, 0) is 32.4 Å². The normalized spacial score (nSPS) is 10.9. The number of pyridine rings is 1. The minimum absolute atomic E-state index is 0.0375. The molecule has 4 N–H and O–H groups in total. The molecular weight excluding hydrogens is 260 g/mol. The summed E-state index contributed by atoms with van der Waals surface area (Å²) in [5.74, 6) is 0.578. The highest BCUT2D eigenvalue weighted by atomic mass is 32.1. The quantitative estimate of drug-likeness (QED) is 0.706. The molecule has 0 aromatic carbocycles. The van der Waals surface area contributed by atoms with Gasteiger partial charge >= 0.3 is 0 Å². The van der Waals surface area contributed by atoms with Crippen LogP contribution in [-0.2, 0) is 4.79 Å². The number of carbonyl (C=O) groups excluding carboxylic acids is 1. The second-order valence-electron chi connectivity index (χ2n) is 5.03. The number of hydrogen-bond acceptors (Lipinski definition) is 4. The zero-order chi connectivity index (χ0) is 14.6. The molecule has 0 aliphatic carbocycles. The second kappa shape index (κ2) is 5.97. The number of rotatable bonds is 5. The Bertz CT molecular complexity index is 499. The highest BCUT2D eigenvalue weighted by Crippen LogP contribution is 2.20. The first kappa shape index (κ1) is 15.4. The Labute approximate surface area is 119 Å². The average molecular weight is 280 g/mol. The summed E-state index contributed by atoms with van der Waals surface area (Å²) in [7, 11) is 1.62. The molecule has 0 aliphatic rings. The van der Waals surface area contributed by atoms with Crippen molar-refractivity contribution < 1.29 is 4.79 Å². The molecule has 0 atom stereocenters. The van der Waals surface area contributed by atoms with Crippen LogP contribution in [0, 0.1) is 12.3 Å². The molecule has 0 spiro atoms. The largest absolute Gasteiger partial charge is 0.389 e. The Balaban J connectivity index is 2.93. The summed E-state index contributed by atoms with van der Waals surface area (Å²) in [4.78, 5) is 16.3. The summed E-state index contributed by atoms with van der Waals surface area (Å²) in [6.07, 6.45) is 1.69. The maximum absolute atomic E-state index is 11.7. The lowest BCUT2D eigenvalue weighted by Crippen LogP contribution is -2.39. The molecule has 0 radical (unpaired) electrons. The van der Waals surface area contributed by atoms with Gasteiger partial charge in [-0.25, -0.2) is 4.98 Å². The number of nitrogens with one attached hydrogen (secondary N) is 2. The third-order valence-electron chi connectivity index (χ3n) is 2.95. The maximum Gasteiger partial charge on any atom is 0.227 e. The molecule has 1 rings (SSSR count). The van der Waals surface area contributed by atoms with Gasteiger partial charge < -0.3 is 16.4 Å². The predicted molar refractivity (Wildman–Crippen MR) is 81.2 cm³/mol. The fraction of sp³-hybridized carbons (Fsp3) is 0.462.